The molecule has 0 aromatic heterocycles. The average molecular weight is 473 g/mol. The molecule has 30 heavy (non-hydrogen) atoms. The van der Waals surface area contributed by atoms with Crippen LogP contribution in [-0.2, 0) is 21.2 Å². The number of nitrogens with zero attached hydrogens (tertiary/aromatic N) is 1. The van der Waals surface area contributed by atoms with Gasteiger partial charge < -0.3 is 10.1 Å². The molecule has 1 amide bonds. The topological polar surface area (TPSA) is 75.7 Å². The summed E-state index contributed by atoms with van der Waals surface area (Å²) in [7, 11) is -3.73. The van der Waals surface area contributed by atoms with Crippen molar-refractivity contribution in [1.29, 1.82) is 0 Å². The van der Waals surface area contributed by atoms with Gasteiger partial charge in [0.15, 0.2) is 0 Å². The number of hydrogen-bond acceptors (Lipinski definition) is 4. The molecule has 0 heterocycles. The molecule has 0 fully saturated rings. The van der Waals surface area contributed by atoms with Crippen molar-refractivity contribution in [1.82, 2.24) is 5.32 Å². The maximum absolute atomic E-state index is 12.4. The van der Waals surface area contributed by atoms with Gasteiger partial charge in [-0.25, -0.2) is 8.42 Å². The van der Waals surface area contributed by atoms with Crippen LogP contribution in [0.1, 0.15) is 25.3 Å². The van der Waals surface area contributed by atoms with Crippen LogP contribution in [0.5, 0.6) is 5.75 Å². The van der Waals surface area contributed by atoms with Crippen LogP contribution >= 0.6 is 23.2 Å². The zero-order chi connectivity index (χ0) is 22.1. The molecule has 0 unspecified atom stereocenters. The third-order valence-electron chi connectivity index (χ3n) is 4.24. The monoisotopic (exact) mass is 472 g/mol. The third-order valence-corrected chi connectivity index (χ3v) is 5.92. The van der Waals surface area contributed by atoms with Gasteiger partial charge in [-0.15, -0.1) is 0 Å². The number of rotatable bonds is 11. The SMILES string of the molecule is CCCOc1ccccc1CCCNC(=O)CN(c1cc(Cl)ccc1Cl)S(C)(=O)=O. The van der Waals surface area contributed by atoms with Crippen molar-refractivity contribution in [3.8, 4) is 5.75 Å². The minimum atomic E-state index is -3.73. The van der Waals surface area contributed by atoms with Gasteiger partial charge in [0.25, 0.3) is 0 Å². The van der Waals surface area contributed by atoms with Crippen molar-refractivity contribution in [2.24, 2.45) is 0 Å². The van der Waals surface area contributed by atoms with Gasteiger partial charge in [0, 0.05) is 11.6 Å². The molecule has 164 valence electrons. The van der Waals surface area contributed by atoms with Gasteiger partial charge in [-0.3, -0.25) is 9.10 Å². The molecule has 1 N–H and O–H groups in total. The van der Waals surface area contributed by atoms with Gasteiger partial charge in [0.05, 0.1) is 23.6 Å². The molecule has 0 spiro atoms. The third kappa shape index (κ3) is 7.38. The molecule has 2 aromatic carbocycles. The van der Waals surface area contributed by atoms with Crippen LogP contribution in [0.2, 0.25) is 10.0 Å². The summed E-state index contributed by atoms with van der Waals surface area (Å²) in [4.78, 5) is 12.4. The van der Waals surface area contributed by atoms with Crippen LogP contribution in [0.3, 0.4) is 0 Å². The summed E-state index contributed by atoms with van der Waals surface area (Å²) in [6.07, 6.45) is 3.37. The molecule has 9 heteroatoms. The number of anilines is 1. The predicted molar refractivity (Wildman–Crippen MR) is 122 cm³/mol. The number of carbonyl (C=O) groups excluding carboxylic acids is 1. The predicted octanol–water partition coefficient (Wildman–Crippen LogP) is 4.30. The van der Waals surface area contributed by atoms with Crippen molar-refractivity contribution < 1.29 is 17.9 Å². The van der Waals surface area contributed by atoms with Gasteiger partial charge in [-0.1, -0.05) is 48.3 Å². The minimum absolute atomic E-state index is 0.170. The number of para-hydroxylation sites is 1. The van der Waals surface area contributed by atoms with E-state index in [4.69, 9.17) is 27.9 Å². The van der Waals surface area contributed by atoms with E-state index in [0.717, 1.165) is 34.7 Å². The summed E-state index contributed by atoms with van der Waals surface area (Å²) in [5.74, 6) is 0.427. The fraction of sp³-hybridized carbons (Fsp3) is 0.381. The molecule has 2 aromatic rings. The van der Waals surface area contributed by atoms with Crippen LogP contribution < -0.4 is 14.4 Å². The zero-order valence-electron chi connectivity index (χ0n) is 17.0. The van der Waals surface area contributed by atoms with Crippen LogP contribution in [-0.4, -0.2) is 40.3 Å². The fourth-order valence-electron chi connectivity index (χ4n) is 2.81. The smallest absolute Gasteiger partial charge is 0.240 e. The Morgan fingerprint density at radius 3 is 2.60 bits per heavy atom. The zero-order valence-corrected chi connectivity index (χ0v) is 19.4. The molecule has 0 radical (unpaired) electrons. The van der Waals surface area contributed by atoms with E-state index in [-0.39, 0.29) is 17.3 Å². The Hall–Kier alpha value is -1.96. The summed E-state index contributed by atoms with van der Waals surface area (Å²) in [6.45, 7) is 2.73. The van der Waals surface area contributed by atoms with E-state index < -0.39 is 15.9 Å². The molecular weight excluding hydrogens is 447 g/mol. The Morgan fingerprint density at radius 2 is 1.90 bits per heavy atom. The maximum atomic E-state index is 12.4. The van der Waals surface area contributed by atoms with E-state index in [2.05, 4.69) is 12.2 Å². The van der Waals surface area contributed by atoms with Crippen molar-refractivity contribution in [2.45, 2.75) is 26.2 Å². The Labute approximate surface area is 188 Å². The molecule has 0 aliphatic carbocycles. The molecule has 0 saturated carbocycles. The largest absolute Gasteiger partial charge is 0.493 e. The highest BCUT2D eigenvalue weighted by Gasteiger charge is 2.23. The lowest BCUT2D eigenvalue weighted by Gasteiger charge is -2.23. The highest BCUT2D eigenvalue weighted by atomic mass is 35.5. The number of halogens is 2. The summed E-state index contributed by atoms with van der Waals surface area (Å²) in [5.41, 5.74) is 1.24. The molecule has 6 nitrogen and oxygen atoms in total. The Bertz CT molecular complexity index is 967. The van der Waals surface area contributed by atoms with Gasteiger partial charge in [-0.2, -0.15) is 0 Å². The lowest BCUT2D eigenvalue weighted by molar-refractivity contribution is -0.119. The van der Waals surface area contributed by atoms with E-state index in [0.29, 0.717) is 24.6 Å². The number of hydrogen-bond donors (Lipinski definition) is 1. The molecule has 0 aliphatic heterocycles. The highest BCUT2D eigenvalue weighted by Crippen LogP contribution is 2.30. The number of benzene rings is 2. The van der Waals surface area contributed by atoms with Gasteiger partial charge in [0.2, 0.25) is 15.9 Å². The molecule has 0 atom stereocenters. The summed E-state index contributed by atoms with van der Waals surface area (Å²) in [5, 5.41) is 3.28. The molecule has 0 bridgehead atoms. The lowest BCUT2D eigenvalue weighted by Crippen LogP contribution is -2.40. The first-order valence-electron chi connectivity index (χ1n) is 9.62. The Balaban J connectivity index is 1.94. The Kier molecular flexibility index (Phi) is 9.27. The van der Waals surface area contributed by atoms with Crippen molar-refractivity contribution in [3.05, 3.63) is 58.1 Å². The fourth-order valence-corrected chi connectivity index (χ4v) is 4.11. The first kappa shape index (κ1) is 24.3. The number of amides is 1. The minimum Gasteiger partial charge on any atom is -0.493 e. The van der Waals surface area contributed by atoms with E-state index in [1.54, 1.807) is 6.07 Å². The summed E-state index contributed by atoms with van der Waals surface area (Å²) >= 11 is 12.1. The standard InChI is InChI=1S/C21H26Cl2N2O4S/c1-3-13-29-20-9-5-4-7-16(20)8-6-12-24-21(26)15-25(30(2,27)28)19-14-17(22)10-11-18(19)23/h4-5,7,9-11,14H,3,6,8,12-13,15H2,1-2H3,(H,24,26). The van der Waals surface area contributed by atoms with Crippen LogP contribution in [0.25, 0.3) is 0 Å². The molecule has 0 aliphatic rings. The van der Waals surface area contributed by atoms with E-state index >= 15 is 0 Å². The second-order valence-electron chi connectivity index (χ2n) is 6.78. The second-order valence-corrected chi connectivity index (χ2v) is 9.53. The molecule has 2 rings (SSSR count). The summed E-state index contributed by atoms with van der Waals surface area (Å²) < 4.78 is 31.1. The quantitative estimate of drug-likeness (QED) is 0.494. The van der Waals surface area contributed by atoms with Gasteiger partial charge in [0.1, 0.15) is 12.3 Å². The number of aryl methyl sites for hydroxylation is 1. The van der Waals surface area contributed by atoms with E-state index in [9.17, 15) is 13.2 Å². The number of nitrogens with one attached hydrogen (secondary N) is 1. The van der Waals surface area contributed by atoms with Crippen molar-refractivity contribution in [2.75, 3.05) is 30.3 Å². The first-order chi connectivity index (χ1) is 14.2. The van der Waals surface area contributed by atoms with Crippen LogP contribution in [0.4, 0.5) is 5.69 Å². The average Bonchev–Trinajstić information content (AvgIpc) is 2.69. The first-order valence-corrected chi connectivity index (χ1v) is 12.2. The molecule has 0 saturated heterocycles. The Morgan fingerprint density at radius 1 is 1.17 bits per heavy atom. The van der Waals surface area contributed by atoms with Gasteiger partial charge in [-0.05, 0) is 49.1 Å². The maximum Gasteiger partial charge on any atom is 0.240 e. The van der Waals surface area contributed by atoms with Gasteiger partial charge >= 0.3 is 0 Å². The lowest BCUT2D eigenvalue weighted by atomic mass is 10.1. The van der Waals surface area contributed by atoms with Crippen molar-refractivity contribution >= 4 is 44.8 Å². The molecular formula is C21H26Cl2N2O4S. The number of sulfonamides is 1. The van der Waals surface area contributed by atoms with E-state index in [1.807, 2.05) is 24.3 Å². The number of carbonyl (C=O) groups is 1. The normalized spacial score (nSPS) is 11.2. The summed E-state index contributed by atoms with van der Waals surface area (Å²) in [6, 6.07) is 12.3. The van der Waals surface area contributed by atoms with Crippen LogP contribution in [0.15, 0.2) is 42.5 Å². The highest BCUT2D eigenvalue weighted by molar-refractivity contribution is 7.92. The van der Waals surface area contributed by atoms with Crippen LogP contribution in [0, 0.1) is 0 Å². The second kappa shape index (κ2) is 11.4. The van der Waals surface area contributed by atoms with E-state index in [1.165, 1.54) is 12.1 Å². The van der Waals surface area contributed by atoms with Crippen molar-refractivity contribution in [3.63, 3.8) is 0 Å². The number of ether oxygens (including phenoxy) is 1.